The summed E-state index contributed by atoms with van der Waals surface area (Å²) in [6, 6.07) is -3.00. The van der Waals surface area contributed by atoms with E-state index in [-0.39, 0.29) is 24.3 Å². The Morgan fingerprint density at radius 1 is 1.30 bits per heavy atom. The fraction of sp³-hybridized carbons (Fsp3) is 0.667. The molecule has 16 nitrogen and oxygen atoms in total. The van der Waals surface area contributed by atoms with Gasteiger partial charge >= 0.3 is 32.7 Å². The minimum absolute atomic E-state index is 0.0845. The number of hydroxylamine groups is 2. The van der Waals surface area contributed by atoms with Crippen LogP contribution >= 0.6 is 0 Å². The number of fused-ring (bicyclic) bond motifs is 4. The SMILES string of the molecule is CN(C)NS(=O)(=O)n1cc2c(n1)C(CNC(=O)OC(C)(C)C)N1C[C@H]2N(OS(=O)(=O)O)C1=O. The van der Waals surface area contributed by atoms with Crippen LogP contribution in [0.4, 0.5) is 9.59 Å². The molecule has 2 bridgehead atoms. The predicted octanol–water partition coefficient (Wildman–Crippen LogP) is -0.865. The second-order valence-corrected chi connectivity index (χ2v) is 11.0. The van der Waals surface area contributed by atoms with Gasteiger partial charge in [-0.3, -0.25) is 4.55 Å². The Balaban J connectivity index is 1.99. The molecule has 1 fully saturated rings. The standard InChI is InChI=1S/C15H25N7O9S2/c1-15(2,3)30-13(23)16-6-10-12-9(7-21(17-12)32(25,26)18-19(4)5)11-8-20(10)14(24)22(11)31-33(27,28)29/h7,10-11,18H,6,8H2,1-5H3,(H,16,23)(H,27,28,29)/t10?,11-/m1/s1. The van der Waals surface area contributed by atoms with Gasteiger partial charge in [0, 0.05) is 32.4 Å². The molecule has 0 spiro atoms. The Kier molecular flexibility index (Phi) is 6.37. The number of rotatable bonds is 7. The lowest BCUT2D eigenvalue weighted by Crippen LogP contribution is -2.43. The molecule has 0 aliphatic carbocycles. The summed E-state index contributed by atoms with van der Waals surface area (Å²) in [4.78, 5) is 28.2. The minimum atomic E-state index is -5.06. The smallest absolute Gasteiger partial charge is 0.418 e. The number of nitrogens with one attached hydrogen (secondary N) is 2. The maximum atomic E-state index is 12.8. The zero-order valence-electron chi connectivity index (χ0n) is 18.4. The number of urea groups is 1. The Bertz CT molecular complexity index is 1160. The summed E-state index contributed by atoms with van der Waals surface area (Å²) in [7, 11) is -6.34. The van der Waals surface area contributed by atoms with E-state index in [9.17, 15) is 26.4 Å². The van der Waals surface area contributed by atoms with Crippen molar-refractivity contribution < 1.29 is 40.0 Å². The van der Waals surface area contributed by atoms with E-state index in [1.54, 1.807) is 20.8 Å². The average molecular weight is 512 g/mol. The van der Waals surface area contributed by atoms with Crippen molar-refractivity contribution in [1.82, 2.24) is 34.3 Å². The van der Waals surface area contributed by atoms with E-state index in [0.29, 0.717) is 9.15 Å². The van der Waals surface area contributed by atoms with Gasteiger partial charge in [-0.15, -0.1) is 9.11 Å². The highest BCUT2D eigenvalue weighted by molar-refractivity contribution is 7.87. The maximum absolute atomic E-state index is 12.8. The van der Waals surface area contributed by atoms with Gasteiger partial charge in [-0.25, -0.2) is 14.6 Å². The number of hydrazine groups is 1. The van der Waals surface area contributed by atoms with Crippen molar-refractivity contribution in [3.05, 3.63) is 17.5 Å². The van der Waals surface area contributed by atoms with E-state index in [4.69, 9.17) is 9.29 Å². The number of aromatic nitrogens is 2. The number of hydrogen-bond donors (Lipinski definition) is 3. The van der Waals surface area contributed by atoms with Crippen molar-refractivity contribution in [2.45, 2.75) is 38.5 Å². The van der Waals surface area contributed by atoms with Gasteiger partial charge in [0.25, 0.3) is 0 Å². The molecule has 1 saturated heterocycles. The maximum Gasteiger partial charge on any atom is 0.418 e. The van der Waals surface area contributed by atoms with Gasteiger partial charge in [0.1, 0.15) is 11.6 Å². The monoisotopic (exact) mass is 511 g/mol. The Morgan fingerprint density at radius 2 is 1.94 bits per heavy atom. The molecule has 3 rings (SSSR count). The molecule has 1 aromatic rings. The quantitative estimate of drug-likeness (QED) is 0.304. The summed E-state index contributed by atoms with van der Waals surface area (Å²) in [6.07, 6.45) is 0.313. The van der Waals surface area contributed by atoms with E-state index in [1.807, 2.05) is 0 Å². The van der Waals surface area contributed by atoms with Crippen molar-refractivity contribution in [3.63, 3.8) is 0 Å². The Hall–Kier alpha value is -2.51. The van der Waals surface area contributed by atoms with E-state index in [0.717, 1.165) is 11.1 Å². The average Bonchev–Trinajstić information content (AvgIpc) is 3.16. The van der Waals surface area contributed by atoms with Gasteiger partial charge < -0.3 is 15.0 Å². The van der Waals surface area contributed by atoms with Gasteiger partial charge in [0.05, 0.1) is 18.3 Å². The van der Waals surface area contributed by atoms with Crippen LogP contribution in [0.2, 0.25) is 0 Å². The lowest BCUT2D eigenvalue weighted by molar-refractivity contribution is -0.0317. The summed E-state index contributed by atoms with van der Waals surface area (Å²) in [5.74, 6) is 0. The molecule has 18 heteroatoms. The second-order valence-electron chi connectivity index (χ2n) is 8.51. The van der Waals surface area contributed by atoms with Crippen molar-refractivity contribution in [3.8, 4) is 0 Å². The van der Waals surface area contributed by atoms with Gasteiger partial charge in [-0.1, -0.05) is 0 Å². The van der Waals surface area contributed by atoms with Crippen LogP contribution in [0, 0.1) is 0 Å². The fourth-order valence-electron chi connectivity index (χ4n) is 3.41. The topological polar surface area (TPSA) is 193 Å². The van der Waals surface area contributed by atoms with Crippen LogP contribution < -0.4 is 10.1 Å². The second kappa shape index (κ2) is 8.37. The van der Waals surface area contributed by atoms with E-state index >= 15 is 0 Å². The lowest BCUT2D eigenvalue weighted by atomic mass is 9.98. The molecule has 2 atom stereocenters. The first-order valence-corrected chi connectivity index (χ1v) is 12.3. The van der Waals surface area contributed by atoms with Gasteiger partial charge in [0.2, 0.25) is 0 Å². The normalized spacial score (nSPS) is 20.9. The highest BCUT2D eigenvalue weighted by atomic mass is 32.3. The minimum Gasteiger partial charge on any atom is -0.444 e. The van der Waals surface area contributed by atoms with Crippen molar-refractivity contribution in [2.75, 3.05) is 27.2 Å². The fourth-order valence-corrected chi connectivity index (χ4v) is 4.77. The Morgan fingerprint density at radius 3 is 2.48 bits per heavy atom. The van der Waals surface area contributed by atoms with Crippen LogP contribution in [0.5, 0.6) is 0 Å². The number of carbonyl (C=O) groups is 2. The molecule has 2 aliphatic rings. The highest BCUT2D eigenvalue weighted by Gasteiger charge is 2.52. The van der Waals surface area contributed by atoms with Crippen molar-refractivity contribution in [2.24, 2.45) is 0 Å². The van der Waals surface area contributed by atoms with Crippen LogP contribution in [0.3, 0.4) is 0 Å². The molecule has 3 N–H and O–H groups in total. The molecular weight excluding hydrogens is 486 g/mol. The predicted molar refractivity (Wildman–Crippen MR) is 110 cm³/mol. The van der Waals surface area contributed by atoms with E-state index in [1.165, 1.54) is 19.1 Å². The first-order valence-electron chi connectivity index (χ1n) is 9.52. The Labute approximate surface area is 190 Å². The zero-order chi connectivity index (χ0) is 24.9. The molecule has 2 aliphatic heterocycles. The molecule has 3 heterocycles. The third kappa shape index (κ3) is 5.53. The molecule has 0 aromatic carbocycles. The van der Waals surface area contributed by atoms with Crippen LogP contribution in [-0.4, -0.2) is 90.5 Å². The first-order chi connectivity index (χ1) is 15.0. The molecule has 33 heavy (non-hydrogen) atoms. The van der Waals surface area contributed by atoms with Crippen LogP contribution in [0.25, 0.3) is 0 Å². The largest absolute Gasteiger partial charge is 0.444 e. The number of nitrogens with zero attached hydrogens (tertiary/aromatic N) is 5. The van der Waals surface area contributed by atoms with Crippen LogP contribution in [0.1, 0.15) is 44.1 Å². The number of amides is 3. The molecular formula is C15H25N7O9S2. The van der Waals surface area contributed by atoms with Gasteiger partial charge in [-0.05, 0) is 20.8 Å². The molecule has 0 radical (unpaired) electrons. The molecule has 186 valence electrons. The third-order valence-electron chi connectivity index (χ3n) is 4.45. The summed E-state index contributed by atoms with van der Waals surface area (Å²) >= 11 is 0. The molecule has 3 amide bonds. The highest BCUT2D eigenvalue weighted by Crippen LogP contribution is 2.43. The van der Waals surface area contributed by atoms with Gasteiger partial charge in [0.15, 0.2) is 0 Å². The lowest BCUT2D eigenvalue weighted by Gasteiger charge is -2.30. The molecule has 1 unspecified atom stereocenters. The van der Waals surface area contributed by atoms with Crippen LogP contribution in [-0.2, 0) is 29.6 Å². The molecule has 0 saturated carbocycles. The number of hydrogen-bond acceptors (Lipinski definition) is 10. The first kappa shape index (κ1) is 25.1. The number of ether oxygens (including phenoxy) is 1. The van der Waals surface area contributed by atoms with Crippen molar-refractivity contribution in [1.29, 1.82) is 0 Å². The molecule has 1 aromatic heterocycles. The number of carbonyl (C=O) groups excluding carboxylic acids is 2. The summed E-state index contributed by atoms with van der Waals surface area (Å²) in [5.41, 5.74) is -0.550. The zero-order valence-corrected chi connectivity index (χ0v) is 20.0. The van der Waals surface area contributed by atoms with Crippen LogP contribution in [0.15, 0.2) is 6.20 Å². The third-order valence-corrected chi connectivity index (χ3v) is 6.07. The van der Waals surface area contributed by atoms with E-state index < -0.39 is 50.4 Å². The summed E-state index contributed by atoms with van der Waals surface area (Å²) in [6.45, 7) is 4.64. The van der Waals surface area contributed by atoms with Gasteiger partial charge in [-0.2, -0.15) is 31.1 Å². The summed E-state index contributed by atoms with van der Waals surface area (Å²) < 4.78 is 67.0. The summed E-state index contributed by atoms with van der Waals surface area (Å²) in [5, 5.41) is 8.15. The number of alkyl carbamates (subject to hydrolysis) is 1. The van der Waals surface area contributed by atoms with Crippen molar-refractivity contribution >= 4 is 32.7 Å². The van der Waals surface area contributed by atoms with E-state index in [2.05, 4.69) is 19.5 Å².